The number of benzene rings is 5. The molecule has 5 aromatic carbocycles. The molecule has 0 aliphatic carbocycles. The average molecular weight is 499 g/mol. The van der Waals surface area contributed by atoms with E-state index in [4.69, 9.17) is 11.0 Å². The molecule has 182 valence electrons. The first-order chi connectivity index (χ1) is 19.3. The van der Waals surface area contributed by atoms with E-state index >= 15 is 0 Å². The van der Waals surface area contributed by atoms with Gasteiger partial charge in [-0.3, -0.25) is 4.98 Å². The Labute approximate surface area is 226 Å². The zero-order chi connectivity index (χ0) is 26.2. The summed E-state index contributed by atoms with van der Waals surface area (Å²) in [6, 6.07) is 41.5. The molecule has 2 aromatic heterocycles. The van der Waals surface area contributed by atoms with Gasteiger partial charge in [0.25, 0.3) is 0 Å². The fraction of sp³-hybridized carbons (Fsp3) is 0. The number of para-hydroxylation sites is 2. The Bertz CT molecular complexity index is 2000. The highest BCUT2D eigenvalue weighted by Crippen LogP contribution is 2.40. The standard InChI is InChI=1S/C36H22N2O/c1-37-30-19-17-24(18-20-30)27-6-2-7-28(22-27)32-10-4-12-34-33-11-3-9-31(35(33)39-36(32)34)26-15-13-25(14-16-26)29-8-5-21-38-23-29/h2-23H. The van der Waals surface area contributed by atoms with Crippen molar-refractivity contribution in [3.05, 3.63) is 145 Å². The van der Waals surface area contributed by atoms with Crippen LogP contribution in [0.4, 0.5) is 5.69 Å². The normalized spacial score (nSPS) is 11.1. The van der Waals surface area contributed by atoms with Gasteiger partial charge < -0.3 is 4.42 Å². The minimum atomic E-state index is 0.643. The van der Waals surface area contributed by atoms with Gasteiger partial charge in [-0.1, -0.05) is 109 Å². The summed E-state index contributed by atoms with van der Waals surface area (Å²) < 4.78 is 6.67. The summed E-state index contributed by atoms with van der Waals surface area (Å²) in [5.74, 6) is 0. The third kappa shape index (κ3) is 4.05. The Kier molecular flexibility index (Phi) is 5.50. The van der Waals surface area contributed by atoms with Crippen molar-refractivity contribution >= 4 is 27.6 Å². The number of furan rings is 1. The van der Waals surface area contributed by atoms with Crippen molar-refractivity contribution in [3.8, 4) is 44.5 Å². The van der Waals surface area contributed by atoms with Crippen LogP contribution >= 0.6 is 0 Å². The highest BCUT2D eigenvalue weighted by atomic mass is 16.3. The molecule has 0 radical (unpaired) electrons. The van der Waals surface area contributed by atoms with Crippen LogP contribution in [0.3, 0.4) is 0 Å². The van der Waals surface area contributed by atoms with Crippen molar-refractivity contribution in [2.24, 2.45) is 0 Å². The summed E-state index contributed by atoms with van der Waals surface area (Å²) in [4.78, 5) is 7.75. The van der Waals surface area contributed by atoms with Crippen LogP contribution in [0, 0.1) is 6.57 Å². The molecule has 0 fully saturated rings. The molecule has 0 aliphatic rings. The average Bonchev–Trinajstić information content (AvgIpc) is 3.41. The summed E-state index contributed by atoms with van der Waals surface area (Å²) in [6.45, 7) is 7.22. The molecular formula is C36H22N2O. The maximum absolute atomic E-state index is 7.22. The lowest BCUT2D eigenvalue weighted by molar-refractivity contribution is 0.671. The van der Waals surface area contributed by atoms with Crippen molar-refractivity contribution in [2.75, 3.05) is 0 Å². The van der Waals surface area contributed by atoms with Crippen LogP contribution in [0.15, 0.2) is 138 Å². The van der Waals surface area contributed by atoms with Gasteiger partial charge in [-0.25, -0.2) is 4.85 Å². The van der Waals surface area contributed by atoms with Crippen LogP contribution in [0.2, 0.25) is 0 Å². The maximum atomic E-state index is 7.22. The molecular weight excluding hydrogens is 476 g/mol. The SMILES string of the molecule is [C-]#[N+]c1ccc(-c2cccc(-c3cccc4c3oc3c(-c5ccc(-c6cccnc6)cc5)cccc34)c2)cc1. The molecule has 7 aromatic rings. The first-order valence-corrected chi connectivity index (χ1v) is 12.8. The molecule has 0 aliphatic heterocycles. The van der Waals surface area contributed by atoms with Crippen molar-refractivity contribution in [1.82, 2.24) is 4.98 Å². The lowest BCUT2D eigenvalue weighted by Crippen LogP contribution is -1.82. The third-order valence-corrected chi connectivity index (χ3v) is 7.22. The number of aromatic nitrogens is 1. The van der Waals surface area contributed by atoms with Gasteiger partial charge in [-0.05, 0) is 45.5 Å². The summed E-state index contributed by atoms with van der Waals surface area (Å²) in [6.07, 6.45) is 3.67. The van der Waals surface area contributed by atoms with Crippen LogP contribution in [0.1, 0.15) is 0 Å². The molecule has 0 unspecified atom stereocenters. The lowest BCUT2D eigenvalue weighted by atomic mass is 9.97. The quantitative estimate of drug-likeness (QED) is 0.226. The topological polar surface area (TPSA) is 30.4 Å². The maximum Gasteiger partial charge on any atom is 0.187 e. The predicted molar refractivity (Wildman–Crippen MR) is 160 cm³/mol. The molecule has 3 heteroatoms. The van der Waals surface area contributed by atoms with Crippen molar-refractivity contribution in [1.29, 1.82) is 0 Å². The minimum Gasteiger partial charge on any atom is -0.455 e. The highest BCUT2D eigenvalue weighted by molar-refractivity contribution is 6.13. The second-order valence-corrected chi connectivity index (χ2v) is 9.53. The van der Waals surface area contributed by atoms with E-state index in [0.29, 0.717) is 5.69 Å². The van der Waals surface area contributed by atoms with Gasteiger partial charge in [-0.2, -0.15) is 0 Å². The van der Waals surface area contributed by atoms with E-state index in [1.165, 1.54) is 0 Å². The molecule has 0 saturated carbocycles. The number of hydrogen-bond donors (Lipinski definition) is 0. The largest absolute Gasteiger partial charge is 0.455 e. The van der Waals surface area contributed by atoms with E-state index in [2.05, 4.69) is 101 Å². The van der Waals surface area contributed by atoms with E-state index in [0.717, 1.165) is 66.4 Å². The predicted octanol–water partition coefficient (Wildman–Crippen LogP) is 10.2. The van der Waals surface area contributed by atoms with E-state index < -0.39 is 0 Å². The monoisotopic (exact) mass is 498 g/mol. The first kappa shape index (κ1) is 22.7. The number of fused-ring (bicyclic) bond motifs is 3. The molecule has 3 nitrogen and oxygen atoms in total. The molecule has 2 heterocycles. The second kappa shape index (κ2) is 9.45. The Morgan fingerprint density at radius 1 is 0.513 bits per heavy atom. The third-order valence-electron chi connectivity index (χ3n) is 7.22. The van der Waals surface area contributed by atoms with Crippen molar-refractivity contribution in [3.63, 3.8) is 0 Å². The zero-order valence-corrected chi connectivity index (χ0v) is 21.0. The summed E-state index contributed by atoms with van der Waals surface area (Å²) in [7, 11) is 0. The van der Waals surface area contributed by atoms with E-state index in [1.807, 2.05) is 36.5 Å². The van der Waals surface area contributed by atoms with Crippen LogP contribution in [-0.4, -0.2) is 4.98 Å². The first-order valence-electron chi connectivity index (χ1n) is 12.8. The van der Waals surface area contributed by atoms with Crippen LogP contribution in [0.25, 0.3) is 71.3 Å². The smallest absolute Gasteiger partial charge is 0.187 e. The van der Waals surface area contributed by atoms with E-state index in [9.17, 15) is 0 Å². The number of nitrogens with zero attached hydrogens (tertiary/aromatic N) is 2. The summed E-state index contributed by atoms with van der Waals surface area (Å²) in [5.41, 5.74) is 11.2. The zero-order valence-electron chi connectivity index (χ0n) is 21.0. The highest BCUT2D eigenvalue weighted by Gasteiger charge is 2.16. The number of pyridine rings is 1. The van der Waals surface area contributed by atoms with E-state index in [1.54, 1.807) is 6.20 Å². The van der Waals surface area contributed by atoms with Crippen LogP contribution in [0.5, 0.6) is 0 Å². The van der Waals surface area contributed by atoms with E-state index in [-0.39, 0.29) is 0 Å². The Morgan fingerprint density at radius 3 is 1.74 bits per heavy atom. The van der Waals surface area contributed by atoms with Crippen LogP contribution < -0.4 is 0 Å². The number of hydrogen-bond acceptors (Lipinski definition) is 2. The molecule has 0 bridgehead atoms. The Morgan fingerprint density at radius 2 is 1.08 bits per heavy atom. The molecule has 0 N–H and O–H groups in total. The fourth-order valence-electron chi connectivity index (χ4n) is 5.25. The van der Waals surface area contributed by atoms with Crippen molar-refractivity contribution in [2.45, 2.75) is 0 Å². The number of rotatable bonds is 4. The van der Waals surface area contributed by atoms with Crippen LogP contribution in [-0.2, 0) is 0 Å². The molecule has 0 amide bonds. The molecule has 0 atom stereocenters. The Balaban J connectivity index is 1.33. The Hall–Kier alpha value is -5.46. The van der Waals surface area contributed by atoms with Crippen molar-refractivity contribution < 1.29 is 4.42 Å². The second-order valence-electron chi connectivity index (χ2n) is 9.53. The summed E-state index contributed by atoms with van der Waals surface area (Å²) in [5, 5.41) is 2.20. The minimum absolute atomic E-state index is 0.643. The van der Waals surface area contributed by atoms with Gasteiger partial charge in [0.05, 0.1) is 6.57 Å². The lowest BCUT2D eigenvalue weighted by Gasteiger charge is -2.07. The molecule has 0 spiro atoms. The fourth-order valence-corrected chi connectivity index (χ4v) is 5.25. The van der Waals surface area contributed by atoms with Gasteiger partial charge in [0.2, 0.25) is 0 Å². The molecule has 0 saturated heterocycles. The van der Waals surface area contributed by atoms with Gasteiger partial charge in [0, 0.05) is 34.3 Å². The van der Waals surface area contributed by atoms with Gasteiger partial charge >= 0.3 is 0 Å². The molecule has 39 heavy (non-hydrogen) atoms. The van der Waals surface area contributed by atoms with Gasteiger partial charge in [0.1, 0.15) is 11.2 Å². The van der Waals surface area contributed by atoms with Gasteiger partial charge in [0.15, 0.2) is 5.69 Å². The molecule has 7 rings (SSSR count). The summed E-state index contributed by atoms with van der Waals surface area (Å²) >= 11 is 0. The van der Waals surface area contributed by atoms with Gasteiger partial charge in [-0.15, -0.1) is 0 Å².